The number of esters is 1. The maximum atomic E-state index is 11.8. The zero-order valence-corrected chi connectivity index (χ0v) is 11.5. The summed E-state index contributed by atoms with van der Waals surface area (Å²) in [7, 11) is 1.55. The lowest BCUT2D eigenvalue weighted by Crippen LogP contribution is -2.13. The van der Waals surface area contributed by atoms with E-state index in [1.54, 1.807) is 31.2 Å². The predicted molar refractivity (Wildman–Crippen MR) is 69.1 cm³/mol. The second-order valence-electron chi connectivity index (χ2n) is 4.18. The van der Waals surface area contributed by atoms with Gasteiger partial charge in [0.15, 0.2) is 5.69 Å². The molecule has 0 fully saturated rings. The predicted octanol–water partition coefficient (Wildman–Crippen LogP) is 0.286. The van der Waals surface area contributed by atoms with Gasteiger partial charge in [-0.2, -0.15) is 0 Å². The molecule has 8 nitrogen and oxygen atoms in total. The van der Waals surface area contributed by atoms with Gasteiger partial charge < -0.3 is 14.0 Å². The van der Waals surface area contributed by atoms with Crippen LogP contribution in [0.15, 0.2) is 18.7 Å². The van der Waals surface area contributed by atoms with Gasteiger partial charge in [0.25, 0.3) is 0 Å². The van der Waals surface area contributed by atoms with Crippen molar-refractivity contribution >= 4 is 5.97 Å². The van der Waals surface area contributed by atoms with Crippen molar-refractivity contribution in [3.8, 4) is 0 Å². The highest BCUT2D eigenvalue weighted by Crippen LogP contribution is 2.06. The first-order valence-corrected chi connectivity index (χ1v) is 6.24. The highest BCUT2D eigenvalue weighted by Gasteiger charge is 2.17. The highest BCUT2D eigenvalue weighted by atomic mass is 16.6. The van der Waals surface area contributed by atoms with Crippen LogP contribution in [-0.2, 0) is 22.6 Å². The Labute approximate surface area is 116 Å². The molecule has 2 aromatic rings. The molecule has 0 aromatic carbocycles. The van der Waals surface area contributed by atoms with E-state index in [0.29, 0.717) is 25.4 Å². The van der Waals surface area contributed by atoms with E-state index in [9.17, 15) is 4.79 Å². The molecule has 0 N–H and O–H groups in total. The Bertz CT molecular complexity index is 549. The monoisotopic (exact) mass is 279 g/mol. The van der Waals surface area contributed by atoms with Gasteiger partial charge in [-0.1, -0.05) is 5.21 Å². The van der Waals surface area contributed by atoms with Crippen molar-refractivity contribution in [3.05, 3.63) is 30.1 Å². The van der Waals surface area contributed by atoms with Crippen LogP contribution in [0.25, 0.3) is 0 Å². The Hall–Kier alpha value is -2.22. The quantitative estimate of drug-likeness (QED) is 0.535. The fourth-order valence-corrected chi connectivity index (χ4v) is 1.68. The number of aryl methyl sites for hydroxylation is 2. The van der Waals surface area contributed by atoms with Gasteiger partial charge in [0.2, 0.25) is 0 Å². The SMILES string of the molecule is COCCOC(=O)c1nnn(CCn2ccnc2)c1C. The van der Waals surface area contributed by atoms with Crippen molar-refractivity contribution in [2.24, 2.45) is 0 Å². The fourth-order valence-electron chi connectivity index (χ4n) is 1.68. The van der Waals surface area contributed by atoms with Crippen LogP contribution in [0.4, 0.5) is 0 Å². The number of hydrogen-bond donors (Lipinski definition) is 0. The van der Waals surface area contributed by atoms with Crippen LogP contribution in [-0.4, -0.2) is 50.8 Å². The first kappa shape index (κ1) is 14.2. The zero-order chi connectivity index (χ0) is 14.4. The van der Waals surface area contributed by atoms with Crippen LogP contribution in [0.1, 0.15) is 16.2 Å². The van der Waals surface area contributed by atoms with E-state index >= 15 is 0 Å². The van der Waals surface area contributed by atoms with Gasteiger partial charge in [-0.3, -0.25) is 0 Å². The molecule has 0 spiro atoms. The van der Waals surface area contributed by atoms with Crippen molar-refractivity contribution in [2.75, 3.05) is 20.3 Å². The number of rotatable bonds is 7. The van der Waals surface area contributed by atoms with Crippen molar-refractivity contribution in [1.29, 1.82) is 0 Å². The summed E-state index contributed by atoms with van der Waals surface area (Å²) in [4.78, 5) is 15.7. The van der Waals surface area contributed by atoms with Crippen LogP contribution in [0.3, 0.4) is 0 Å². The van der Waals surface area contributed by atoms with Gasteiger partial charge in [-0.15, -0.1) is 5.10 Å². The molecule has 0 saturated carbocycles. The van der Waals surface area contributed by atoms with Crippen molar-refractivity contribution in [1.82, 2.24) is 24.5 Å². The minimum atomic E-state index is -0.478. The minimum absolute atomic E-state index is 0.205. The molecule has 0 radical (unpaired) electrons. The van der Waals surface area contributed by atoms with Crippen molar-refractivity contribution in [3.63, 3.8) is 0 Å². The molecule has 0 unspecified atom stereocenters. The maximum absolute atomic E-state index is 11.8. The van der Waals surface area contributed by atoms with Gasteiger partial charge in [0.1, 0.15) is 6.61 Å². The standard InChI is InChI=1S/C12H17N5O3/c1-10-11(12(18)20-8-7-19-2)14-15-17(10)6-5-16-4-3-13-9-16/h3-4,9H,5-8H2,1-2H3. The van der Waals surface area contributed by atoms with Crippen LogP contribution in [0, 0.1) is 6.92 Å². The lowest BCUT2D eigenvalue weighted by molar-refractivity contribution is 0.0380. The van der Waals surface area contributed by atoms with Crippen LogP contribution < -0.4 is 0 Å². The third-order valence-corrected chi connectivity index (χ3v) is 2.83. The Kier molecular flexibility index (Phi) is 4.83. The number of hydrogen-bond acceptors (Lipinski definition) is 6. The molecule has 2 aromatic heterocycles. The molecule has 2 rings (SSSR count). The number of ether oxygens (including phenoxy) is 2. The van der Waals surface area contributed by atoms with Gasteiger partial charge >= 0.3 is 5.97 Å². The van der Waals surface area contributed by atoms with Crippen molar-refractivity contribution in [2.45, 2.75) is 20.0 Å². The normalized spacial score (nSPS) is 10.7. The van der Waals surface area contributed by atoms with E-state index in [-0.39, 0.29) is 12.3 Å². The summed E-state index contributed by atoms with van der Waals surface area (Å²) in [6, 6.07) is 0. The summed E-state index contributed by atoms with van der Waals surface area (Å²) >= 11 is 0. The Morgan fingerprint density at radius 3 is 2.90 bits per heavy atom. The molecule has 20 heavy (non-hydrogen) atoms. The maximum Gasteiger partial charge on any atom is 0.360 e. The molecule has 0 aliphatic heterocycles. The number of imidazole rings is 1. The van der Waals surface area contributed by atoms with Gasteiger partial charge in [-0.05, 0) is 6.92 Å². The van der Waals surface area contributed by atoms with E-state index in [0.717, 1.165) is 0 Å². The Morgan fingerprint density at radius 2 is 2.20 bits per heavy atom. The van der Waals surface area contributed by atoms with Gasteiger partial charge in [0.05, 0.1) is 25.2 Å². The average Bonchev–Trinajstić information content (AvgIpc) is 3.06. The zero-order valence-electron chi connectivity index (χ0n) is 11.5. The lowest BCUT2D eigenvalue weighted by Gasteiger charge is -2.05. The number of carbonyl (C=O) groups is 1. The van der Waals surface area contributed by atoms with E-state index < -0.39 is 5.97 Å². The third kappa shape index (κ3) is 3.41. The van der Waals surface area contributed by atoms with Crippen LogP contribution in [0.5, 0.6) is 0 Å². The molecule has 108 valence electrons. The Balaban J connectivity index is 1.94. The summed E-state index contributed by atoms with van der Waals surface area (Å²) in [5, 5.41) is 7.83. The smallest absolute Gasteiger partial charge is 0.360 e. The minimum Gasteiger partial charge on any atom is -0.458 e. The third-order valence-electron chi connectivity index (χ3n) is 2.83. The summed E-state index contributed by atoms with van der Waals surface area (Å²) in [5.41, 5.74) is 0.930. The van der Waals surface area contributed by atoms with E-state index in [4.69, 9.17) is 9.47 Å². The molecule has 0 amide bonds. The molecule has 0 bridgehead atoms. The first-order chi connectivity index (χ1) is 9.72. The molecule has 8 heteroatoms. The summed E-state index contributed by atoms with van der Waals surface area (Å²) < 4.78 is 13.4. The summed E-state index contributed by atoms with van der Waals surface area (Å²) in [6.07, 6.45) is 5.31. The van der Waals surface area contributed by atoms with Gasteiger partial charge in [-0.25, -0.2) is 14.5 Å². The Morgan fingerprint density at radius 1 is 1.35 bits per heavy atom. The molecule has 0 aliphatic carbocycles. The number of aromatic nitrogens is 5. The van der Waals surface area contributed by atoms with E-state index in [1.807, 2.05) is 10.8 Å². The van der Waals surface area contributed by atoms with E-state index in [1.165, 1.54) is 0 Å². The fraction of sp³-hybridized carbons (Fsp3) is 0.500. The van der Waals surface area contributed by atoms with Gasteiger partial charge in [0, 0.05) is 26.0 Å². The van der Waals surface area contributed by atoms with Crippen molar-refractivity contribution < 1.29 is 14.3 Å². The molecule has 0 saturated heterocycles. The largest absolute Gasteiger partial charge is 0.458 e. The van der Waals surface area contributed by atoms with Crippen LogP contribution >= 0.6 is 0 Å². The van der Waals surface area contributed by atoms with Crippen LogP contribution in [0.2, 0.25) is 0 Å². The number of nitrogens with zero attached hydrogens (tertiary/aromatic N) is 5. The molecular formula is C12H17N5O3. The number of methoxy groups -OCH3 is 1. The summed E-state index contributed by atoms with van der Waals surface area (Å²) in [6.45, 7) is 3.68. The number of carbonyl (C=O) groups excluding carboxylic acids is 1. The molecule has 2 heterocycles. The highest BCUT2D eigenvalue weighted by molar-refractivity contribution is 5.88. The lowest BCUT2D eigenvalue weighted by atomic mass is 10.3. The van der Waals surface area contributed by atoms with E-state index in [2.05, 4.69) is 15.3 Å². The molecular weight excluding hydrogens is 262 g/mol. The average molecular weight is 279 g/mol. The second-order valence-corrected chi connectivity index (χ2v) is 4.18. The molecule has 0 atom stereocenters. The first-order valence-electron chi connectivity index (χ1n) is 6.24. The topological polar surface area (TPSA) is 84.1 Å². The summed E-state index contributed by atoms with van der Waals surface area (Å²) in [5.74, 6) is -0.478. The molecule has 0 aliphatic rings. The second kappa shape index (κ2) is 6.80.